The minimum absolute atomic E-state index is 0.183. The number of aromatic nitrogens is 2. The number of ether oxygens (including phenoxy) is 2. The highest BCUT2D eigenvalue weighted by atomic mass is 16.5. The summed E-state index contributed by atoms with van der Waals surface area (Å²) in [6.07, 6.45) is 6.00. The van der Waals surface area contributed by atoms with Crippen LogP contribution in [0.5, 0.6) is 11.5 Å². The van der Waals surface area contributed by atoms with E-state index in [4.69, 9.17) is 9.47 Å². The Balaban J connectivity index is 0.000000290. The number of anilines is 4. The molecule has 0 amide bonds. The second-order valence-electron chi connectivity index (χ2n) is 13.9. The van der Waals surface area contributed by atoms with Crippen molar-refractivity contribution >= 4 is 34.7 Å². The molecule has 54 heavy (non-hydrogen) atoms. The van der Waals surface area contributed by atoms with Gasteiger partial charge in [-0.15, -0.1) is 0 Å². The summed E-state index contributed by atoms with van der Waals surface area (Å²) in [5.41, 5.74) is 5.69. The zero-order chi connectivity index (χ0) is 39.9. The number of hydrogen-bond donors (Lipinski definition) is 2. The third-order valence-electron chi connectivity index (χ3n) is 8.72. The number of benzene rings is 2. The van der Waals surface area contributed by atoms with E-state index >= 15 is 0 Å². The third-order valence-corrected chi connectivity index (χ3v) is 8.72. The molecular weight excluding hydrogens is 684 g/mol. The SMILES string of the molecule is CCN(c1ccc(C(C)C)c(OCCN(C)C)c1)c1ccncc1C(=O)O.CCN(c1ccc(C(C)C)c(OCCN(C)C)c1)c1ccncc1C(=O)O. The predicted octanol–water partition coefficient (Wildman–Crippen LogP) is 8.00. The van der Waals surface area contributed by atoms with Gasteiger partial charge in [0, 0.05) is 74.5 Å². The quantitative estimate of drug-likeness (QED) is 0.102. The lowest BCUT2D eigenvalue weighted by atomic mass is 10.0. The van der Waals surface area contributed by atoms with E-state index in [1.165, 1.54) is 12.4 Å². The molecule has 2 aromatic heterocycles. The van der Waals surface area contributed by atoms with Crippen LogP contribution in [0.4, 0.5) is 22.7 Å². The average Bonchev–Trinajstić information content (AvgIpc) is 3.12. The highest BCUT2D eigenvalue weighted by molar-refractivity contribution is 5.96. The summed E-state index contributed by atoms with van der Waals surface area (Å²) in [6, 6.07) is 15.6. The Morgan fingerprint density at radius 2 is 1.00 bits per heavy atom. The molecule has 2 heterocycles. The molecular formula is C42H58N6O6. The Kier molecular flexibility index (Phi) is 16.7. The van der Waals surface area contributed by atoms with Crippen molar-refractivity contribution in [2.24, 2.45) is 0 Å². The van der Waals surface area contributed by atoms with E-state index in [0.717, 1.165) is 47.1 Å². The number of aromatic carboxylic acids is 2. The van der Waals surface area contributed by atoms with E-state index in [-0.39, 0.29) is 11.1 Å². The van der Waals surface area contributed by atoms with Gasteiger partial charge in [-0.1, -0.05) is 39.8 Å². The van der Waals surface area contributed by atoms with Crippen LogP contribution in [0, 0.1) is 0 Å². The van der Waals surface area contributed by atoms with Crippen molar-refractivity contribution in [2.75, 3.05) is 77.4 Å². The number of pyridine rings is 2. The summed E-state index contributed by atoms with van der Waals surface area (Å²) in [4.78, 5) is 39.2. The Bertz CT molecular complexity index is 1680. The molecule has 292 valence electrons. The van der Waals surface area contributed by atoms with E-state index in [1.807, 2.05) is 76.1 Å². The van der Waals surface area contributed by atoms with E-state index in [1.54, 1.807) is 24.5 Å². The zero-order valence-corrected chi connectivity index (χ0v) is 33.5. The summed E-state index contributed by atoms with van der Waals surface area (Å²) in [5, 5.41) is 19.0. The Hall–Kier alpha value is -5.20. The van der Waals surface area contributed by atoms with Crippen molar-refractivity contribution in [3.63, 3.8) is 0 Å². The smallest absolute Gasteiger partial charge is 0.339 e. The van der Waals surface area contributed by atoms with E-state index in [0.29, 0.717) is 49.5 Å². The summed E-state index contributed by atoms with van der Waals surface area (Å²) < 4.78 is 12.1. The van der Waals surface area contributed by atoms with Crippen LogP contribution in [0.15, 0.2) is 73.3 Å². The Morgan fingerprint density at radius 1 is 0.630 bits per heavy atom. The summed E-state index contributed by atoms with van der Waals surface area (Å²) in [7, 11) is 8.05. The molecule has 2 aromatic carbocycles. The first kappa shape index (κ1) is 43.2. The maximum atomic E-state index is 11.6. The van der Waals surface area contributed by atoms with Gasteiger partial charge in [0.05, 0.1) is 11.4 Å². The first-order valence-corrected chi connectivity index (χ1v) is 18.4. The van der Waals surface area contributed by atoms with Gasteiger partial charge in [-0.25, -0.2) is 9.59 Å². The lowest BCUT2D eigenvalue weighted by molar-refractivity contribution is 0.0686. The lowest BCUT2D eigenvalue weighted by Crippen LogP contribution is -2.21. The molecule has 0 atom stereocenters. The maximum Gasteiger partial charge on any atom is 0.339 e. The maximum absolute atomic E-state index is 11.6. The van der Waals surface area contributed by atoms with E-state index < -0.39 is 11.9 Å². The number of hydrogen-bond acceptors (Lipinski definition) is 10. The molecule has 0 aliphatic carbocycles. The van der Waals surface area contributed by atoms with Crippen molar-refractivity contribution in [3.8, 4) is 11.5 Å². The number of carboxylic acids is 2. The largest absolute Gasteiger partial charge is 0.492 e. The van der Waals surface area contributed by atoms with Crippen molar-refractivity contribution in [2.45, 2.75) is 53.4 Å². The molecule has 0 unspecified atom stereocenters. The Morgan fingerprint density at radius 3 is 1.30 bits per heavy atom. The van der Waals surface area contributed by atoms with Crippen molar-refractivity contribution in [1.82, 2.24) is 19.8 Å². The van der Waals surface area contributed by atoms with Crippen LogP contribution >= 0.6 is 0 Å². The van der Waals surface area contributed by atoms with Gasteiger partial charge in [0.15, 0.2) is 0 Å². The fourth-order valence-electron chi connectivity index (χ4n) is 5.82. The minimum Gasteiger partial charge on any atom is -0.492 e. The normalized spacial score (nSPS) is 11.1. The molecule has 4 aromatic rings. The molecule has 12 nitrogen and oxygen atoms in total. The Labute approximate surface area is 321 Å². The van der Waals surface area contributed by atoms with Gasteiger partial charge in [-0.3, -0.25) is 9.97 Å². The highest BCUT2D eigenvalue weighted by Crippen LogP contribution is 2.36. The fourth-order valence-corrected chi connectivity index (χ4v) is 5.82. The van der Waals surface area contributed by atoms with Gasteiger partial charge in [0.25, 0.3) is 0 Å². The van der Waals surface area contributed by atoms with Crippen LogP contribution in [0.1, 0.15) is 85.2 Å². The molecule has 0 aliphatic heterocycles. The van der Waals surface area contributed by atoms with Crippen molar-refractivity contribution < 1.29 is 29.3 Å². The summed E-state index contributed by atoms with van der Waals surface area (Å²) >= 11 is 0. The number of carbonyl (C=O) groups is 2. The van der Waals surface area contributed by atoms with Crippen LogP contribution < -0.4 is 19.3 Å². The monoisotopic (exact) mass is 742 g/mol. The standard InChI is InChI=1S/2C21H29N3O3/c2*1-6-24(19-9-10-22-14-18(19)21(25)26)16-7-8-17(15(2)3)20(13-16)27-12-11-23(4)5/h2*7-10,13-15H,6,11-12H2,1-5H3,(H,25,26). The topological polar surface area (TPSA) is 132 Å². The highest BCUT2D eigenvalue weighted by Gasteiger charge is 2.20. The molecule has 0 bridgehead atoms. The second-order valence-corrected chi connectivity index (χ2v) is 13.9. The van der Waals surface area contributed by atoms with E-state index in [9.17, 15) is 19.8 Å². The molecule has 4 rings (SSSR count). The van der Waals surface area contributed by atoms with Gasteiger partial charge in [-0.2, -0.15) is 0 Å². The first-order chi connectivity index (χ1) is 25.7. The first-order valence-electron chi connectivity index (χ1n) is 18.4. The predicted molar refractivity (Wildman–Crippen MR) is 217 cm³/mol. The number of rotatable bonds is 18. The van der Waals surface area contributed by atoms with Crippen LogP contribution in [-0.4, -0.2) is 110 Å². The fraction of sp³-hybridized carbons (Fsp3) is 0.429. The van der Waals surface area contributed by atoms with Gasteiger partial charge < -0.3 is 39.3 Å². The third kappa shape index (κ3) is 11.9. The van der Waals surface area contributed by atoms with Gasteiger partial charge in [-0.05, 0) is 89.3 Å². The van der Waals surface area contributed by atoms with Crippen LogP contribution in [0.25, 0.3) is 0 Å². The van der Waals surface area contributed by atoms with Crippen LogP contribution in [0.3, 0.4) is 0 Å². The van der Waals surface area contributed by atoms with Crippen molar-refractivity contribution in [3.05, 3.63) is 95.6 Å². The van der Waals surface area contributed by atoms with Crippen LogP contribution in [-0.2, 0) is 0 Å². The minimum atomic E-state index is -0.988. The molecule has 0 radical (unpaired) electrons. The van der Waals surface area contributed by atoms with Gasteiger partial charge in [0.2, 0.25) is 0 Å². The molecule has 2 N–H and O–H groups in total. The second kappa shape index (κ2) is 20.9. The molecule has 0 fully saturated rings. The molecule has 0 saturated heterocycles. The number of carboxylic acid groups (broad SMARTS) is 2. The molecule has 0 aliphatic rings. The van der Waals surface area contributed by atoms with Gasteiger partial charge in [0.1, 0.15) is 35.8 Å². The molecule has 12 heteroatoms. The molecule has 0 spiro atoms. The van der Waals surface area contributed by atoms with Crippen LogP contribution in [0.2, 0.25) is 0 Å². The lowest BCUT2D eigenvalue weighted by Gasteiger charge is -2.26. The number of likely N-dealkylation sites (N-methyl/N-ethyl adjacent to an activating group) is 2. The number of nitrogens with zero attached hydrogens (tertiary/aromatic N) is 6. The molecule has 0 saturated carbocycles. The zero-order valence-electron chi connectivity index (χ0n) is 33.5. The average molecular weight is 743 g/mol. The summed E-state index contributed by atoms with van der Waals surface area (Å²) in [5.74, 6) is 0.371. The van der Waals surface area contributed by atoms with Crippen molar-refractivity contribution in [1.29, 1.82) is 0 Å². The summed E-state index contributed by atoms with van der Waals surface area (Å²) in [6.45, 7) is 16.6. The van der Waals surface area contributed by atoms with E-state index in [2.05, 4.69) is 59.6 Å². The van der Waals surface area contributed by atoms with Gasteiger partial charge >= 0.3 is 11.9 Å².